The van der Waals surface area contributed by atoms with Crippen LogP contribution in [0.1, 0.15) is 239 Å². The minimum atomic E-state index is -0.808. The highest BCUT2D eigenvalue weighted by Gasteiger charge is 2.19. The van der Waals surface area contributed by atoms with Gasteiger partial charge in [-0.25, -0.2) is 0 Å². The van der Waals surface area contributed by atoms with Gasteiger partial charge < -0.3 is 14.2 Å². The van der Waals surface area contributed by atoms with Crippen LogP contribution in [0, 0.1) is 0 Å². The maximum atomic E-state index is 12.8. The summed E-state index contributed by atoms with van der Waals surface area (Å²) in [6.07, 6.45) is 65.8. The number of unbranched alkanes of at least 4 members (excludes halogenated alkanes) is 26. The molecular formula is C57H96O6. The largest absolute Gasteiger partial charge is 0.462 e. The van der Waals surface area contributed by atoms with Crippen molar-refractivity contribution < 1.29 is 28.6 Å². The summed E-state index contributed by atoms with van der Waals surface area (Å²) in [7, 11) is 0. The molecule has 0 amide bonds. The van der Waals surface area contributed by atoms with Crippen molar-refractivity contribution in [2.75, 3.05) is 13.2 Å². The van der Waals surface area contributed by atoms with Crippen molar-refractivity contribution >= 4 is 17.9 Å². The molecule has 0 bridgehead atoms. The Morgan fingerprint density at radius 2 is 0.651 bits per heavy atom. The van der Waals surface area contributed by atoms with Gasteiger partial charge in [-0.2, -0.15) is 0 Å². The quantitative estimate of drug-likeness (QED) is 0.0199. The fourth-order valence-electron chi connectivity index (χ4n) is 7.12. The lowest BCUT2D eigenvalue weighted by atomic mass is 10.0. The third-order valence-corrected chi connectivity index (χ3v) is 11.0. The first-order valence-corrected chi connectivity index (χ1v) is 26.2. The van der Waals surface area contributed by atoms with Gasteiger partial charge >= 0.3 is 17.9 Å². The predicted octanol–water partition coefficient (Wildman–Crippen LogP) is 17.2. The lowest BCUT2D eigenvalue weighted by Gasteiger charge is -2.18. The summed E-state index contributed by atoms with van der Waals surface area (Å²) in [6.45, 7) is 6.40. The van der Waals surface area contributed by atoms with Crippen molar-refractivity contribution in [3.63, 3.8) is 0 Å². The van der Waals surface area contributed by atoms with Gasteiger partial charge in [-0.3, -0.25) is 14.4 Å². The van der Waals surface area contributed by atoms with Crippen molar-refractivity contribution in [3.8, 4) is 0 Å². The second kappa shape index (κ2) is 51.2. The van der Waals surface area contributed by atoms with Crippen LogP contribution < -0.4 is 0 Å². The van der Waals surface area contributed by atoms with Crippen molar-refractivity contribution in [2.24, 2.45) is 0 Å². The van der Waals surface area contributed by atoms with E-state index in [0.29, 0.717) is 25.7 Å². The number of carbonyl (C=O) groups is 3. The molecule has 0 radical (unpaired) electrons. The molecule has 0 aliphatic heterocycles. The average molecular weight is 877 g/mol. The molecule has 0 heterocycles. The van der Waals surface area contributed by atoms with Crippen LogP contribution in [0.5, 0.6) is 0 Å². The molecule has 0 aliphatic carbocycles. The van der Waals surface area contributed by atoms with Gasteiger partial charge in [0.25, 0.3) is 0 Å². The van der Waals surface area contributed by atoms with E-state index in [9.17, 15) is 14.4 Å². The van der Waals surface area contributed by atoms with Crippen LogP contribution in [0.3, 0.4) is 0 Å². The highest BCUT2D eigenvalue weighted by atomic mass is 16.6. The third-order valence-electron chi connectivity index (χ3n) is 11.0. The summed E-state index contributed by atoms with van der Waals surface area (Å²) < 4.78 is 16.7. The molecule has 360 valence electrons. The normalized spacial score (nSPS) is 12.7. The first-order chi connectivity index (χ1) is 31.0. The minimum Gasteiger partial charge on any atom is -0.462 e. The van der Waals surface area contributed by atoms with E-state index >= 15 is 0 Å². The number of hydrogen-bond donors (Lipinski definition) is 0. The van der Waals surface area contributed by atoms with Crippen LogP contribution >= 0.6 is 0 Å². The van der Waals surface area contributed by atoms with E-state index in [-0.39, 0.29) is 37.5 Å². The molecule has 0 spiro atoms. The Morgan fingerprint density at radius 1 is 0.333 bits per heavy atom. The van der Waals surface area contributed by atoms with Crippen LogP contribution in [0.4, 0.5) is 0 Å². The fourth-order valence-corrected chi connectivity index (χ4v) is 7.12. The topological polar surface area (TPSA) is 78.9 Å². The Morgan fingerprint density at radius 3 is 1.10 bits per heavy atom. The lowest BCUT2D eigenvalue weighted by molar-refractivity contribution is -0.167. The maximum absolute atomic E-state index is 12.8. The van der Waals surface area contributed by atoms with E-state index in [4.69, 9.17) is 14.2 Å². The summed E-state index contributed by atoms with van der Waals surface area (Å²) in [5.41, 5.74) is 0. The molecule has 1 unspecified atom stereocenters. The van der Waals surface area contributed by atoms with Crippen LogP contribution in [-0.4, -0.2) is 37.2 Å². The molecule has 0 saturated heterocycles. The Bertz CT molecular complexity index is 1240. The molecule has 0 rings (SSSR count). The van der Waals surface area contributed by atoms with Crippen molar-refractivity contribution in [1.29, 1.82) is 0 Å². The first-order valence-electron chi connectivity index (χ1n) is 26.2. The number of esters is 3. The highest BCUT2D eigenvalue weighted by Crippen LogP contribution is 2.16. The molecule has 63 heavy (non-hydrogen) atoms. The monoisotopic (exact) mass is 877 g/mol. The molecular weight excluding hydrogens is 781 g/mol. The van der Waals surface area contributed by atoms with Gasteiger partial charge in [-0.15, -0.1) is 0 Å². The van der Waals surface area contributed by atoms with E-state index in [2.05, 4.69) is 45.1 Å². The zero-order valence-electron chi connectivity index (χ0n) is 41.1. The minimum absolute atomic E-state index is 0.102. The van der Waals surface area contributed by atoms with Gasteiger partial charge in [0.05, 0.1) is 0 Å². The van der Waals surface area contributed by atoms with E-state index in [0.717, 1.165) is 57.8 Å². The number of ether oxygens (including phenoxy) is 3. The molecule has 0 N–H and O–H groups in total. The molecule has 6 heteroatoms. The molecule has 0 aromatic rings. The standard InChI is InChI=1S/C57H96O6/c1-4-7-10-13-16-19-21-23-25-27-28-30-31-33-35-38-41-44-47-50-56(59)62-53-54(52-61-55(58)49-46-43-40-37-18-15-12-9-6-3)63-57(60)51-48-45-42-39-36-34-32-29-26-24-22-20-17-14-11-8-5-2/h8,11,14,17,20,22,24,26,29,32,34,36-37,40,54H,4-7,9-10,12-13,15-16,18-19,21,23,25,27-28,30-31,33,35,38-39,41-53H2,1-3H3/b11-8-,17-14-,22-20-,26-24-,32-29+,36-34-,40-37-. The van der Waals surface area contributed by atoms with E-state index in [1.165, 1.54) is 128 Å². The molecule has 1 atom stereocenters. The lowest BCUT2D eigenvalue weighted by Crippen LogP contribution is -2.30. The van der Waals surface area contributed by atoms with Crippen molar-refractivity contribution in [2.45, 2.75) is 245 Å². The number of rotatable bonds is 46. The van der Waals surface area contributed by atoms with Gasteiger partial charge in [0.2, 0.25) is 0 Å². The van der Waals surface area contributed by atoms with Gasteiger partial charge in [0, 0.05) is 19.3 Å². The average Bonchev–Trinajstić information content (AvgIpc) is 3.28. The number of allylic oxidation sites excluding steroid dienone is 14. The summed E-state index contributed by atoms with van der Waals surface area (Å²) in [5.74, 6) is -0.982. The predicted molar refractivity (Wildman–Crippen MR) is 270 cm³/mol. The Balaban J connectivity index is 4.39. The summed E-state index contributed by atoms with van der Waals surface area (Å²) in [5, 5.41) is 0. The smallest absolute Gasteiger partial charge is 0.306 e. The van der Waals surface area contributed by atoms with Crippen LogP contribution in [0.2, 0.25) is 0 Å². The zero-order valence-corrected chi connectivity index (χ0v) is 41.1. The molecule has 0 aliphatic rings. The molecule has 0 fully saturated rings. The fraction of sp³-hybridized carbons (Fsp3) is 0.702. The second-order valence-electron chi connectivity index (χ2n) is 17.2. The van der Waals surface area contributed by atoms with Crippen molar-refractivity contribution in [3.05, 3.63) is 85.1 Å². The maximum Gasteiger partial charge on any atom is 0.306 e. The summed E-state index contributed by atoms with van der Waals surface area (Å²) in [6, 6.07) is 0. The SMILES string of the molecule is CC\C=C/C=C\C=C/C=C\C=C\C=C/CCCCCC(=O)OC(COC(=O)CCC/C=C\CCCCCC)COC(=O)CCCCCCCCCCCCCCCCCCCCC. The molecule has 0 aromatic heterocycles. The van der Waals surface area contributed by atoms with E-state index in [1.54, 1.807) is 0 Å². The second-order valence-corrected chi connectivity index (χ2v) is 17.2. The number of carbonyl (C=O) groups excluding carboxylic acids is 3. The molecule has 6 nitrogen and oxygen atoms in total. The Hall–Kier alpha value is -3.41. The Labute approximate surface area is 388 Å². The summed E-state index contributed by atoms with van der Waals surface area (Å²) >= 11 is 0. The van der Waals surface area contributed by atoms with Gasteiger partial charge in [-0.1, -0.05) is 247 Å². The van der Waals surface area contributed by atoms with Crippen molar-refractivity contribution in [1.82, 2.24) is 0 Å². The van der Waals surface area contributed by atoms with Crippen LogP contribution in [-0.2, 0) is 28.6 Å². The van der Waals surface area contributed by atoms with E-state index < -0.39 is 6.10 Å². The third kappa shape index (κ3) is 49.5. The van der Waals surface area contributed by atoms with Gasteiger partial charge in [0.15, 0.2) is 6.10 Å². The zero-order chi connectivity index (χ0) is 45.8. The van der Waals surface area contributed by atoms with E-state index in [1.807, 2.05) is 60.8 Å². The van der Waals surface area contributed by atoms with Gasteiger partial charge in [0.1, 0.15) is 13.2 Å². The molecule has 0 saturated carbocycles. The van der Waals surface area contributed by atoms with Crippen LogP contribution in [0.15, 0.2) is 85.1 Å². The van der Waals surface area contributed by atoms with Gasteiger partial charge in [-0.05, 0) is 57.8 Å². The van der Waals surface area contributed by atoms with Crippen LogP contribution in [0.25, 0.3) is 0 Å². The highest BCUT2D eigenvalue weighted by molar-refractivity contribution is 5.71. The molecule has 0 aromatic carbocycles. The first kappa shape index (κ1) is 59.6. The Kier molecular flexibility index (Phi) is 48.5. The number of hydrogen-bond acceptors (Lipinski definition) is 6. The summed E-state index contributed by atoms with van der Waals surface area (Å²) in [4.78, 5) is 37.9.